The molecule has 0 aliphatic carbocycles. The zero-order valence-electron chi connectivity index (χ0n) is 27.0. The van der Waals surface area contributed by atoms with E-state index >= 15 is 0 Å². The maximum Gasteiger partial charge on any atom is 0.410 e. The smallest absolute Gasteiger partial charge is 0.410 e. The van der Waals surface area contributed by atoms with Crippen molar-refractivity contribution < 1.29 is 19.4 Å². The van der Waals surface area contributed by atoms with Crippen molar-refractivity contribution >= 4 is 17.1 Å². The number of hydrogen-bond donors (Lipinski definition) is 2. The summed E-state index contributed by atoms with van der Waals surface area (Å²) >= 11 is 0. The van der Waals surface area contributed by atoms with Crippen molar-refractivity contribution in [3.63, 3.8) is 0 Å². The van der Waals surface area contributed by atoms with Crippen molar-refractivity contribution in [2.24, 2.45) is 5.92 Å². The number of hydrogen-bond acceptors (Lipinski definition) is 5. The molecule has 0 aliphatic heterocycles. The van der Waals surface area contributed by atoms with Gasteiger partial charge in [0.15, 0.2) is 0 Å². The molecule has 2 N–H and O–H groups in total. The predicted molar refractivity (Wildman–Crippen MR) is 171 cm³/mol. The van der Waals surface area contributed by atoms with Crippen LogP contribution in [0.1, 0.15) is 91.1 Å². The second kappa shape index (κ2) is 19.1. The summed E-state index contributed by atoms with van der Waals surface area (Å²) in [6.07, 6.45) is 5.08. The zero-order chi connectivity index (χ0) is 30.8. The van der Waals surface area contributed by atoms with Gasteiger partial charge in [-0.3, -0.25) is 0 Å². The molecular weight excluding hydrogens is 514 g/mol. The highest BCUT2D eigenvalue weighted by Crippen LogP contribution is 2.16. The van der Waals surface area contributed by atoms with E-state index in [0.717, 1.165) is 74.4 Å². The van der Waals surface area contributed by atoms with Crippen molar-refractivity contribution in [1.29, 1.82) is 0 Å². The van der Waals surface area contributed by atoms with E-state index in [1.54, 1.807) is 6.92 Å². The van der Waals surface area contributed by atoms with Crippen LogP contribution in [-0.4, -0.2) is 58.0 Å². The van der Waals surface area contributed by atoms with Crippen molar-refractivity contribution in [2.75, 3.05) is 26.3 Å². The number of amides is 1. The molecule has 3 rings (SSSR count). The molecule has 7 heteroatoms. The maximum absolute atomic E-state index is 11.9. The number of carbonyl (C=O) groups is 1. The van der Waals surface area contributed by atoms with Crippen molar-refractivity contribution in [1.82, 2.24) is 14.9 Å². The number of nitrogens with zero attached hydrogens (tertiary/aromatic N) is 2. The lowest BCUT2D eigenvalue weighted by Gasteiger charge is -2.27. The summed E-state index contributed by atoms with van der Waals surface area (Å²) in [5.74, 6) is 2.55. The molecule has 1 amide bonds. The molecule has 3 aromatic rings. The number of aryl methyl sites for hydroxylation is 3. The second-order valence-corrected chi connectivity index (χ2v) is 11.8. The van der Waals surface area contributed by atoms with E-state index in [1.807, 2.05) is 44.7 Å². The van der Waals surface area contributed by atoms with Crippen LogP contribution in [0, 0.1) is 19.8 Å². The van der Waals surface area contributed by atoms with Crippen LogP contribution in [0.4, 0.5) is 4.79 Å². The van der Waals surface area contributed by atoms with Gasteiger partial charge in [-0.1, -0.05) is 39.0 Å². The number of aliphatic hydroxyl groups excluding tert-OH is 1. The predicted octanol–water partition coefficient (Wildman–Crippen LogP) is 8.26. The number of aromatic nitrogens is 2. The summed E-state index contributed by atoms with van der Waals surface area (Å²) in [5.41, 5.74) is 4.36. The van der Waals surface area contributed by atoms with E-state index in [1.165, 1.54) is 11.1 Å². The number of benzene rings is 2. The fraction of sp³-hybridized carbons (Fsp3) is 0.588. The van der Waals surface area contributed by atoms with Gasteiger partial charge in [0.1, 0.15) is 17.2 Å². The molecule has 0 radical (unpaired) electrons. The van der Waals surface area contributed by atoms with Crippen LogP contribution >= 0.6 is 0 Å². The van der Waals surface area contributed by atoms with Crippen LogP contribution in [0.15, 0.2) is 42.5 Å². The molecule has 2 aromatic carbocycles. The van der Waals surface area contributed by atoms with Gasteiger partial charge in [-0.25, -0.2) is 9.78 Å². The summed E-state index contributed by atoms with van der Waals surface area (Å²) in [6, 6.07) is 14.7. The lowest BCUT2D eigenvalue weighted by Crippen LogP contribution is -2.38. The summed E-state index contributed by atoms with van der Waals surface area (Å²) in [7, 11) is 0. The Bertz CT molecular complexity index is 1130. The Balaban J connectivity index is 0.000000393. The van der Waals surface area contributed by atoms with Crippen LogP contribution in [0.2, 0.25) is 0 Å². The highest BCUT2D eigenvalue weighted by molar-refractivity contribution is 5.75. The molecule has 0 saturated carbocycles. The molecule has 0 saturated heterocycles. The minimum atomic E-state index is -0.402. The Morgan fingerprint density at radius 1 is 1.05 bits per heavy atom. The first kappa shape index (κ1) is 36.0. The van der Waals surface area contributed by atoms with Crippen LogP contribution in [0.25, 0.3) is 11.0 Å². The lowest BCUT2D eigenvalue weighted by molar-refractivity contribution is 0.0242. The first-order valence-electron chi connectivity index (χ1n) is 15.1. The summed E-state index contributed by atoms with van der Waals surface area (Å²) in [6.45, 7) is 20.5. The average Bonchev–Trinajstić information content (AvgIpc) is 3.25. The first-order valence-corrected chi connectivity index (χ1v) is 15.1. The maximum atomic E-state index is 11.9. The molecule has 7 nitrogen and oxygen atoms in total. The van der Waals surface area contributed by atoms with Gasteiger partial charge < -0.3 is 24.5 Å². The van der Waals surface area contributed by atoms with Gasteiger partial charge in [-0.2, -0.15) is 0 Å². The standard InChI is InChI=1S/C19H22N2O.C13H27NO2.C2H6O/c1-14-6-5-8-17(12-14)22-11-4-3-7-16-9-10-18-19(13-16)21-15(2)20-18;1-7-9-14(10-8-11(2)3)12(15)16-13(4,5)6;1-2-3/h5-6,8-10,12-13H,3-4,7,11H2,1-2H3,(H,20,21);11H,7-10H2,1-6H3;3H,2H2,1H3. The topological polar surface area (TPSA) is 87.7 Å². The minimum Gasteiger partial charge on any atom is -0.494 e. The van der Waals surface area contributed by atoms with Crippen LogP contribution in [-0.2, 0) is 11.2 Å². The summed E-state index contributed by atoms with van der Waals surface area (Å²) in [5, 5.41) is 7.57. The highest BCUT2D eigenvalue weighted by atomic mass is 16.6. The number of ether oxygens (including phenoxy) is 2. The molecular formula is C34H55N3O4. The number of fused-ring (bicyclic) bond motifs is 1. The van der Waals surface area contributed by atoms with Gasteiger partial charge in [-0.15, -0.1) is 0 Å². The Kier molecular flexibility index (Phi) is 16.8. The average molecular weight is 570 g/mol. The third kappa shape index (κ3) is 16.1. The Morgan fingerprint density at radius 3 is 2.37 bits per heavy atom. The number of unbranched alkanes of at least 4 members (excludes halogenated alkanes) is 1. The van der Waals surface area contributed by atoms with E-state index in [0.29, 0.717) is 5.92 Å². The van der Waals surface area contributed by atoms with Gasteiger partial charge in [0.2, 0.25) is 0 Å². The van der Waals surface area contributed by atoms with Crippen LogP contribution < -0.4 is 4.74 Å². The molecule has 1 heterocycles. The third-order valence-corrected chi connectivity index (χ3v) is 5.90. The number of H-pyrrole nitrogens is 1. The normalized spacial score (nSPS) is 10.9. The quantitative estimate of drug-likeness (QED) is 0.227. The zero-order valence-corrected chi connectivity index (χ0v) is 27.0. The number of carbonyl (C=O) groups excluding carboxylic acids is 1. The van der Waals surface area contributed by atoms with Crippen LogP contribution in [0.3, 0.4) is 0 Å². The number of nitrogens with one attached hydrogen (secondary N) is 1. The van der Waals surface area contributed by atoms with Gasteiger partial charge in [0.05, 0.1) is 17.6 Å². The summed E-state index contributed by atoms with van der Waals surface area (Å²) in [4.78, 5) is 21.4. The molecule has 1 aromatic heterocycles. The highest BCUT2D eigenvalue weighted by Gasteiger charge is 2.21. The largest absolute Gasteiger partial charge is 0.494 e. The van der Waals surface area contributed by atoms with Gasteiger partial charge >= 0.3 is 6.09 Å². The Labute approximate surface area is 248 Å². The fourth-order valence-electron chi connectivity index (χ4n) is 3.97. The molecule has 41 heavy (non-hydrogen) atoms. The van der Waals surface area contributed by atoms with E-state index in [2.05, 4.69) is 68.0 Å². The Hall–Kier alpha value is -3.06. The van der Waals surface area contributed by atoms with Crippen molar-refractivity contribution in [2.45, 2.75) is 100 Å². The first-order chi connectivity index (χ1) is 19.4. The van der Waals surface area contributed by atoms with E-state index in [4.69, 9.17) is 14.6 Å². The minimum absolute atomic E-state index is 0.185. The monoisotopic (exact) mass is 569 g/mol. The number of aliphatic hydroxyl groups is 1. The number of rotatable bonds is 11. The summed E-state index contributed by atoms with van der Waals surface area (Å²) < 4.78 is 11.2. The van der Waals surface area contributed by atoms with E-state index in [-0.39, 0.29) is 12.7 Å². The molecule has 0 atom stereocenters. The van der Waals surface area contributed by atoms with Crippen molar-refractivity contribution in [3.05, 3.63) is 59.4 Å². The Morgan fingerprint density at radius 2 is 1.76 bits per heavy atom. The van der Waals surface area contributed by atoms with Gasteiger partial charge in [-0.05, 0) is 115 Å². The van der Waals surface area contributed by atoms with Gasteiger partial charge in [0.25, 0.3) is 0 Å². The van der Waals surface area contributed by atoms with E-state index in [9.17, 15) is 4.79 Å². The molecule has 0 bridgehead atoms. The number of imidazole rings is 1. The van der Waals surface area contributed by atoms with Gasteiger partial charge in [0, 0.05) is 19.7 Å². The number of aromatic amines is 1. The second-order valence-electron chi connectivity index (χ2n) is 11.8. The van der Waals surface area contributed by atoms with Crippen molar-refractivity contribution in [3.8, 4) is 5.75 Å². The third-order valence-electron chi connectivity index (χ3n) is 5.90. The fourth-order valence-corrected chi connectivity index (χ4v) is 3.97. The lowest BCUT2D eigenvalue weighted by atomic mass is 10.1. The SMILES string of the molecule is CCCN(CCC(C)C)C(=O)OC(C)(C)C.CCO.Cc1cccc(OCCCCc2ccc3nc(C)[nH]c3c2)c1. The molecule has 0 aliphatic rings. The molecule has 0 unspecified atom stereocenters. The molecule has 0 spiro atoms. The molecule has 0 fully saturated rings. The van der Waals surface area contributed by atoms with E-state index < -0.39 is 5.60 Å². The molecule has 230 valence electrons. The van der Waals surface area contributed by atoms with Crippen LogP contribution in [0.5, 0.6) is 5.75 Å².